The molecule has 0 radical (unpaired) electrons. The van der Waals surface area contributed by atoms with Crippen LogP contribution in [0.2, 0.25) is 0 Å². The zero-order valence-corrected chi connectivity index (χ0v) is 11.6. The molecule has 1 aliphatic carbocycles. The molecule has 0 aromatic carbocycles. The van der Waals surface area contributed by atoms with Gasteiger partial charge in [0.2, 0.25) is 0 Å². The Hall–Kier alpha value is -1.58. The first-order valence-electron chi connectivity index (χ1n) is 7.28. The Morgan fingerprint density at radius 2 is 2.21 bits per heavy atom. The van der Waals surface area contributed by atoms with Crippen molar-refractivity contribution >= 4 is 11.7 Å². The van der Waals surface area contributed by atoms with Gasteiger partial charge in [-0.05, 0) is 37.3 Å². The minimum absolute atomic E-state index is 0.0732. The summed E-state index contributed by atoms with van der Waals surface area (Å²) >= 11 is 0. The Labute approximate surface area is 115 Å². The fourth-order valence-corrected chi connectivity index (χ4v) is 2.00. The van der Waals surface area contributed by atoms with E-state index in [9.17, 15) is 4.79 Å². The Balaban J connectivity index is 1.76. The predicted molar refractivity (Wildman–Crippen MR) is 77.3 cm³/mol. The van der Waals surface area contributed by atoms with Crippen LogP contribution in [0.1, 0.15) is 49.5 Å². The summed E-state index contributed by atoms with van der Waals surface area (Å²) in [7, 11) is 0. The summed E-state index contributed by atoms with van der Waals surface area (Å²) in [5, 5.41) is 6.13. The zero-order valence-electron chi connectivity index (χ0n) is 11.6. The maximum atomic E-state index is 11.9. The normalized spacial score (nSPS) is 14.2. The summed E-state index contributed by atoms with van der Waals surface area (Å²) in [6, 6.07) is 5.51. The van der Waals surface area contributed by atoms with Crippen LogP contribution in [0.5, 0.6) is 0 Å². The van der Waals surface area contributed by atoms with Gasteiger partial charge in [-0.2, -0.15) is 0 Å². The first kappa shape index (κ1) is 13.8. The van der Waals surface area contributed by atoms with E-state index in [-0.39, 0.29) is 5.91 Å². The van der Waals surface area contributed by atoms with Gasteiger partial charge in [-0.1, -0.05) is 25.8 Å². The van der Waals surface area contributed by atoms with Gasteiger partial charge >= 0.3 is 0 Å². The SMILES string of the molecule is CCCNc1cccc(C(=O)NCCCC2CC2)n1. The summed E-state index contributed by atoms with van der Waals surface area (Å²) < 4.78 is 0. The van der Waals surface area contributed by atoms with E-state index < -0.39 is 0 Å². The third kappa shape index (κ3) is 4.89. The van der Waals surface area contributed by atoms with Crippen LogP contribution >= 0.6 is 0 Å². The molecule has 1 saturated carbocycles. The van der Waals surface area contributed by atoms with E-state index in [2.05, 4.69) is 22.5 Å². The number of amides is 1. The smallest absolute Gasteiger partial charge is 0.269 e. The molecule has 1 fully saturated rings. The third-order valence-electron chi connectivity index (χ3n) is 3.31. The Morgan fingerprint density at radius 3 is 2.95 bits per heavy atom. The highest BCUT2D eigenvalue weighted by atomic mass is 16.1. The fourth-order valence-electron chi connectivity index (χ4n) is 2.00. The van der Waals surface area contributed by atoms with E-state index in [1.807, 2.05) is 12.1 Å². The number of nitrogens with zero attached hydrogens (tertiary/aromatic N) is 1. The van der Waals surface area contributed by atoms with Crippen molar-refractivity contribution in [1.29, 1.82) is 0 Å². The first-order valence-corrected chi connectivity index (χ1v) is 7.28. The van der Waals surface area contributed by atoms with Crippen molar-refractivity contribution in [2.24, 2.45) is 5.92 Å². The topological polar surface area (TPSA) is 54.0 Å². The number of anilines is 1. The molecule has 1 aromatic rings. The number of hydrogen-bond acceptors (Lipinski definition) is 3. The van der Waals surface area contributed by atoms with Crippen molar-refractivity contribution in [2.75, 3.05) is 18.4 Å². The Morgan fingerprint density at radius 1 is 1.37 bits per heavy atom. The van der Waals surface area contributed by atoms with Gasteiger partial charge in [0.25, 0.3) is 5.91 Å². The molecule has 0 unspecified atom stereocenters. The van der Waals surface area contributed by atoms with Crippen LogP contribution in [0.15, 0.2) is 18.2 Å². The number of pyridine rings is 1. The molecular weight excluding hydrogens is 238 g/mol. The van der Waals surface area contributed by atoms with Crippen LogP contribution in [-0.2, 0) is 0 Å². The highest BCUT2D eigenvalue weighted by Gasteiger charge is 2.20. The number of carbonyl (C=O) groups excluding carboxylic acids is 1. The zero-order chi connectivity index (χ0) is 13.5. The van der Waals surface area contributed by atoms with Gasteiger partial charge in [0, 0.05) is 13.1 Å². The van der Waals surface area contributed by atoms with Crippen molar-refractivity contribution in [3.63, 3.8) is 0 Å². The van der Waals surface area contributed by atoms with E-state index >= 15 is 0 Å². The second kappa shape index (κ2) is 7.12. The molecule has 0 atom stereocenters. The van der Waals surface area contributed by atoms with Crippen LogP contribution in [0.3, 0.4) is 0 Å². The summed E-state index contributed by atoms with van der Waals surface area (Å²) in [6.45, 7) is 3.73. The largest absolute Gasteiger partial charge is 0.370 e. The van der Waals surface area contributed by atoms with Crippen molar-refractivity contribution in [1.82, 2.24) is 10.3 Å². The van der Waals surface area contributed by atoms with Gasteiger partial charge in [-0.15, -0.1) is 0 Å². The molecule has 0 saturated heterocycles. The van der Waals surface area contributed by atoms with E-state index in [4.69, 9.17) is 0 Å². The van der Waals surface area contributed by atoms with Gasteiger partial charge in [0.1, 0.15) is 11.5 Å². The number of rotatable bonds is 8. The van der Waals surface area contributed by atoms with Gasteiger partial charge in [0.05, 0.1) is 0 Å². The van der Waals surface area contributed by atoms with Crippen molar-refractivity contribution in [2.45, 2.75) is 39.0 Å². The third-order valence-corrected chi connectivity index (χ3v) is 3.31. The minimum atomic E-state index is -0.0732. The van der Waals surface area contributed by atoms with Gasteiger partial charge in [-0.25, -0.2) is 4.98 Å². The quantitative estimate of drug-likeness (QED) is 0.707. The second-order valence-corrected chi connectivity index (χ2v) is 5.18. The second-order valence-electron chi connectivity index (χ2n) is 5.18. The molecule has 1 aromatic heterocycles. The van der Waals surface area contributed by atoms with E-state index in [0.717, 1.165) is 37.7 Å². The van der Waals surface area contributed by atoms with E-state index in [0.29, 0.717) is 5.69 Å². The summed E-state index contributed by atoms with van der Waals surface area (Å²) in [4.78, 5) is 16.2. The van der Waals surface area contributed by atoms with Crippen molar-refractivity contribution in [3.8, 4) is 0 Å². The molecule has 1 amide bonds. The highest BCUT2D eigenvalue weighted by Crippen LogP contribution is 2.33. The number of carbonyl (C=O) groups is 1. The molecule has 2 rings (SSSR count). The van der Waals surface area contributed by atoms with Crippen molar-refractivity contribution < 1.29 is 4.79 Å². The van der Waals surface area contributed by atoms with E-state index in [1.165, 1.54) is 19.3 Å². The summed E-state index contributed by atoms with van der Waals surface area (Å²) in [5.74, 6) is 1.63. The summed E-state index contributed by atoms with van der Waals surface area (Å²) in [5.41, 5.74) is 0.493. The standard InChI is InChI=1S/C15H23N3O/c1-2-10-16-14-7-3-6-13(18-14)15(19)17-11-4-5-12-8-9-12/h3,6-7,12H,2,4-5,8-11H2,1H3,(H,16,18)(H,17,19). The van der Waals surface area contributed by atoms with Crippen molar-refractivity contribution in [3.05, 3.63) is 23.9 Å². The molecule has 0 bridgehead atoms. The summed E-state index contributed by atoms with van der Waals surface area (Å²) in [6.07, 6.45) is 6.11. The maximum Gasteiger partial charge on any atom is 0.269 e. The Kier molecular flexibility index (Phi) is 5.19. The lowest BCUT2D eigenvalue weighted by atomic mass is 10.2. The number of nitrogens with one attached hydrogen (secondary N) is 2. The molecule has 0 spiro atoms. The van der Waals surface area contributed by atoms with Gasteiger partial charge in [-0.3, -0.25) is 4.79 Å². The van der Waals surface area contributed by atoms with Crippen LogP contribution in [0.25, 0.3) is 0 Å². The van der Waals surface area contributed by atoms with Gasteiger partial charge in [0.15, 0.2) is 0 Å². The minimum Gasteiger partial charge on any atom is -0.370 e. The molecule has 2 N–H and O–H groups in total. The van der Waals surface area contributed by atoms with Crippen LogP contribution in [0.4, 0.5) is 5.82 Å². The van der Waals surface area contributed by atoms with Crippen LogP contribution < -0.4 is 10.6 Å². The molecule has 0 aliphatic heterocycles. The van der Waals surface area contributed by atoms with Gasteiger partial charge < -0.3 is 10.6 Å². The lowest BCUT2D eigenvalue weighted by Gasteiger charge is -2.07. The molecule has 104 valence electrons. The average molecular weight is 261 g/mol. The fraction of sp³-hybridized carbons (Fsp3) is 0.600. The lowest BCUT2D eigenvalue weighted by Crippen LogP contribution is -2.25. The number of aromatic nitrogens is 1. The predicted octanol–water partition coefficient (Wildman–Crippen LogP) is 2.82. The number of hydrogen-bond donors (Lipinski definition) is 2. The highest BCUT2D eigenvalue weighted by molar-refractivity contribution is 5.92. The molecule has 19 heavy (non-hydrogen) atoms. The molecule has 4 heteroatoms. The lowest BCUT2D eigenvalue weighted by molar-refractivity contribution is 0.0948. The molecular formula is C15H23N3O. The molecule has 1 aliphatic rings. The Bertz CT molecular complexity index is 416. The maximum absolute atomic E-state index is 11.9. The van der Waals surface area contributed by atoms with E-state index in [1.54, 1.807) is 6.07 Å². The molecule has 1 heterocycles. The molecule has 4 nitrogen and oxygen atoms in total. The first-order chi connectivity index (χ1) is 9.29. The average Bonchev–Trinajstić information content (AvgIpc) is 3.25. The van der Waals surface area contributed by atoms with Crippen LogP contribution in [0, 0.1) is 5.92 Å². The monoisotopic (exact) mass is 261 g/mol. The van der Waals surface area contributed by atoms with Crippen LogP contribution in [-0.4, -0.2) is 24.0 Å².